The van der Waals surface area contributed by atoms with Gasteiger partial charge in [0.1, 0.15) is 0 Å². The SMILES string of the molecule is C#CCN1[C@H](C)CCC[C@@H]1C. The molecule has 0 N–H and O–H groups in total. The van der Waals surface area contributed by atoms with E-state index in [2.05, 4.69) is 24.7 Å². The van der Waals surface area contributed by atoms with Crippen molar-refractivity contribution < 1.29 is 0 Å². The van der Waals surface area contributed by atoms with E-state index < -0.39 is 0 Å². The molecule has 0 radical (unpaired) electrons. The van der Waals surface area contributed by atoms with Gasteiger partial charge in [0.2, 0.25) is 0 Å². The van der Waals surface area contributed by atoms with Crippen molar-refractivity contribution in [1.82, 2.24) is 4.90 Å². The highest BCUT2D eigenvalue weighted by Crippen LogP contribution is 2.21. The molecule has 1 rings (SSSR count). The second-order valence-corrected chi connectivity index (χ2v) is 3.51. The molecule has 11 heavy (non-hydrogen) atoms. The zero-order valence-electron chi connectivity index (χ0n) is 7.51. The van der Waals surface area contributed by atoms with E-state index >= 15 is 0 Å². The summed E-state index contributed by atoms with van der Waals surface area (Å²) in [6.07, 6.45) is 9.28. The molecule has 0 unspecified atom stereocenters. The van der Waals surface area contributed by atoms with Crippen molar-refractivity contribution >= 4 is 0 Å². The number of terminal acetylenes is 1. The molecule has 0 aromatic heterocycles. The van der Waals surface area contributed by atoms with Gasteiger partial charge in [-0.2, -0.15) is 0 Å². The first-order valence-corrected chi connectivity index (χ1v) is 4.45. The second kappa shape index (κ2) is 3.78. The van der Waals surface area contributed by atoms with Crippen LogP contribution in [0.1, 0.15) is 33.1 Å². The van der Waals surface area contributed by atoms with Crippen LogP contribution in [-0.2, 0) is 0 Å². The van der Waals surface area contributed by atoms with Gasteiger partial charge in [-0.25, -0.2) is 0 Å². The molecule has 1 aliphatic rings. The third kappa shape index (κ3) is 1.97. The fraction of sp³-hybridized carbons (Fsp3) is 0.800. The molecule has 1 aliphatic heterocycles. The fourth-order valence-electron chi connectivity index (χ4n) is 1.89. The smallest absolute Gasteiger partial charge is 0.0603 e. The Morgan fingerprint density at radius 2 is 1.91 bits per heavy atom. The van der Waals surface area contributed by atoms with Crippen LogP contribution in [0.2, 0.25) is 0 Å². The summed E-state index contributed by atoms with van der Waals surface area (Å²) in [4.78, 5) is 2.42. The number of likely N-dealkylation sites (tertiary alicyclic amines) is 1. The van der Waals surface area contributed by atoms with Crippen molar-refractivity contribution in [3.63, 3.8) is 0 Å². The molecule has 0 bridgehead atoms. The largest absolute Gasteiger partial charge is 0.287 e. The fourth-order valence-corrected chi connectivity index (χ4v) is 1.89. The predicted molar refractivity (Wildman–Crippen MR) is 48.3 cm³/mol. The van der Waals surface area contributed by atoms with Gasteiger partial charge in [0.15, 0.2) is 0 Å². The van der Waals surface area contributed by atoms with E-state index in [1.54, 1.807) is 0 Å². The maximum Gasteiger partial charge on any atom is 0.0603 e. The van der Waals surface area contributed by atoms with Crippen LogP contribution < -0.4 is 0 Å². The van der Waals surface area contributed by atoms with E-state index in [0.29, 0.717) is 12.1 Å². The van der Waals surface area contributed by atoms with Gasteiger partial charge in [-0.1, -0.05) is 12.3 Å². The normalized spacial score (nSPS) is 33.2. The predicted octanol–water partition coefficient (Wildman–Crippen LogP) is 1.88. The van der Waals surface area contributed by atoms with E-state index in [4.69, 9.17) is 6.42 Å². The molecule has 0 aromatic rings. The summed E-state index contributed by atoms with van der Waals surface area (Å²) in [5, 5.41) is 0. The van der Waals surface area contributed by atoms with Crippen molar-refractivity contribution in [1.29, 1.82) is 0 Å². The van der Waals surface area contributed by atoms with Crippen LogP contribution in [0.3, 0.4) is 0 Å². The number of rotatable bonds is 1. The number of hydrogen-bond donors (Lipinski definition) is 0. The van der Waals surface area contributed by atoms with Crippen molar-refractivity contribution in [2.45, 2.75) is 45.2 Å². The monoisotopic (exact) mass is 151 g/mol. The lowest BCUT2D eigenvalue weighted by Crippen LogP contribution is -2.43. The standard InChI is InChI=1S/C10H17N/c1-4-8-11-9(2)6-5-7-10(11)3/h1,9-10H,5-8H2,2-3H3/t9-,10+. The van der Waals surface area contributed by atoms with Crippen LogP contribution in [0.5, 0.6) is 0 Å². The Hall–Kier alpha value is -0.480. The average Bonchev–Trinajstić information content (AvgIpc) is 1.97. The molecule has 0 aliphatic carbocycles. The topological polar surface area (TPSA) is 3.24 Å². The lowest BCUT2D eigenvalue weighted by Gasteiger charge is -2.37. The van der Waals surface area contributed by atoms with E-state index in [9.17, 15) is 0 Å². The first-order valence-electron chi connectivity index (χ1n) is 4.45. The van der Waals surface area contributed by atoms with Crippen molar-refractivity contribution in [3.8, 4) is 12.3 Å². The molecule has 2 atom stereocenters. The molecule has 0 spiro atoms. The summed E-state index contributed by atoms with van der Waals surface area (Å²) in [5.74, 6) is 2.72. The average molecular weight is 151 g/mol. The molecule has 1 nitrogen and oxygen atoms in total. The maximum absolute atomic E-state index is 5.29. The number of nitrogens with zero attached hydrogens (tertiary/aromatic N) is 1. The van der Waals surface area contributed by atoms with Gasteiger partial charge >= 0.3 is 0 Å². The van der Waals surface area contributed by atoms with E-state index in [1.165, 1.54) is 19.3 Å². The van der Waals surface area contributed by atoms with Crippen molar-refractivity contribution in [2.24, 2.45) is 0 Å². The minimum absolute atomic E-state index is 0.690. The summed E-state index contributed by atoms with van der Waals surface area (Å²) >= 11 is 0. The second-order valence-electron chi connectivity index (χ2n) is 3.51. The Labute approximate surface area is 69.8 Å². The number of hydrogen-bond acceptors (Lipinski definition) is 1. The lowest BCUT2D eigenvalue weighted by molar-refractivity contribution is 0.121. The Morgan fingerprint density at radius 1 is 1.36 bits per heavy atom. The Morgan fingerprint density at radius 3 is 2.36 bits per heavy atom. The first-order chi connectivity index (χ1) is 5.25. The summed E-state index contributed by atoms with van der Waals surface area (Å²) in [6, 6.07) is 1.38. The van der Waals surface area contributed by atoms with Crippen LogP contribution >= 0.6 is 0 Å². The third-order valence-corrected chi connectivity index (χ3v) is 2.65. The van der Waals surface area contributed by atoms with Crippen molar-refractivity contribution in [2.75, 3.05) is 6.54 Å². The van der Waals surface area contributed by atoms with Gasteiger partial charge < -0.3 is 0 Å². The zero-order chi connectivity index (χ0) is 8.27. The Kier molecular flexibility index (Phi) is 2.96. The van der Waals surface area contributed by atoms with Crippen LogP contribution in [0.25, 0.3) is 0 Å². The van der Waals surface area contributed by atoms with Gasteiger partial charge in [0.05, 0.1) is 6.54 Å². The molecular weight excluding hydrogens is 134 g/mol. The third-order valence-electron chi connectivity index (χ3n) is 2.65. The van der Waals surface area contributed by atoms with Gasteiger partial charge in [-0.05, 0) is 26.7 Å². The van der Waals surface area contributed by atoms with E-state index in [0.717, 1.165) is 6.54 Å². The van der Waals surface area contributed by atoms with E-state index in [1.807, 2.05) is 0 Å². The van der Waals surface area contributed by atoms with Crippen LogP contribution in [0, 0.1) is 12.3 Å². The highest BCUT2D eigenvalue weighted by atomic mass is 15.2. The maximum atomic E-state index is 5.29. The summed E-state index contributed by atoms with van der Waals surface area (Å²) in [5.41, 5.74) is 0. The Bertz CT molecular complexity index is 147. The highest BCUT2D eigenvalue weighted by molar-refractivity contribution is 4.92. The van der Waals surface area contributed by atoms with Crippen LogP contribution in [0.15, 0.2) is 0 Å². The van der Waals surface area contributed by atoms with Crippen LogP contribution in [0.4, 0.5) is 0 Å². The summed E-state index contributed by atoms with van der Waals surface area (Å²) in [6.45, 7) is 5.36. The highest BCUT2D eigenvalue weighted by Gasteiger charge is 2.22. The van der Waals surface area contributed by atoms with Crippen molar-refractivity contribution in [3.05, 3.63) is 0 Å². The molecule has 62 valence electrons. The lowest BCUT2D eigenvalue weighted by atomic mass is 9.98. The first kappa shape index (κ1) is 8.62. The minimum atomic E-state index is 0.690. The van der Waals surface area contributed by atoms with Gasteiger partial charge in [-0.3, -0.25) is 4.90 Å². The van der Waals surface area contributed by atoms with E-state index in [-0.39, 0.29) is 0 Å². The molecule has 1 fully saturated rings. The minimum Gasteiger partial charge on any atom is -0.287 e. The molecule has 0 amide bonds. The summed E-state index contributed by atoms with van der Waals surface area (Å²) in [7, 11) is 0. The van der Waals surface area contributed by atoms with Gasteiger partial charge in [-0.15, -0.1) is 6.42 Å². The Balaban J connectivity index is 2.49. The van der Waals surface area contributed by atoms with Gasteiger partial charge in [0.25, 0.3) is 0 Å². The molecule has 0 saturated carbocycles. The molecule has 1 saturated heterocycles. The molecule has 1 heterocycles. The number of piperidine rings is 1. The summed E-state index contributed by atoms with van der Waals surface area (Å²) < 4.78 is 0. The molecule has 1 heteroatoms. The molecular formula is C10H17N. The quantitative estimate of drug-likeness (QED) is 0.517. The van der Waals surface area contributed by atoms with Gasteiger partial charge in [0, 0.05) is 12.1 Å². The van der Waals surface area contributed by atoms with Crippen LogP contribution in [-0.4, -0.2) is 23.5 Å². The zero-order valence-corrected chi connectivity index (χ0v) is 7.51. The molecule has 0 aromatic carbocycles.